The highest BCUT2D eigenvalue weighted by Gasteiger charge is 2.19. The highest BCUT2D eigenvalue weighted by molar-refractivity contribution is 7.87. The Bertz CT molecular complexity index is 909. The fourth-order valence-electron chi connectivity index (χ4n) is 1.98. The second kappa shape index (κ2) is 8.34. The summed E-state index contributed by atoms with van der Waals surface area (Å²) >= 11 is 0. The van der Waals surface area contributed by atoms with Crippen LogP contribution in [0.4, 0.5) is 10.5 Å². The predicted molar refractivity (Wildman–Crippen MR) is 92.7 cm³/mol. The van der Waals surface area contributed by atoms with Gasteiger partial charge >= 0.3 is 22.2 Å². The third kappa shape index (κ3) is 4.96. The van der Waals surface area contributed by atoms with E-state index in [1.165, 1.54) is 43.5 Å². The Morgan fingerprint density at radius 1 is 1.08 bits per heavy atom. The number of carbonyl (C=O) groups is 2. The molecule has 0 aliphatic rings. The molecule has 2 rings (SSSR count). The lowest BCUT2D eigenvalue weighted by Gasteiger charge is -2.10. The maximum atomic E-state index is 12.4. The molecule has 9 heteroatoms. The van der Waals surface area contributed by atoms with Gasteiger partial charge in [0.1, 0.15) is 10.6 Å². The summed E-state index contributed by atoms with van der Waals surface area (Å²) in [6.07, 6.45) is -0.668. The van der Waals surface area contributed by atoms with Crippen molar-refractivity contribution in [3.63, 3.8) is 0 Å². The molecule has 0 unspecified atom stereocenters. The van der Waals surface area contributed by atoms with Gasteiger partial charge in [0, 0.05) is 11.8 Å². The molecule has 1 N–H and O–H groups in total. The van der Waals surface area contributed by atoms with Gasteiger partial charge in [-0.2, -0.15) is 8.42 Å². The normalized spacial score (nSPS) is 10.7. The van der Waals surface area contributed by atoms with Crippen molar-refractivity contribution in [1.29, 1.82) is 0 Å². The minimum atomic E-state index is -4.18. The maximum Gasteiger partial charge on any atom is 0.411 e. The lowest BCUT2D eigenvalue weighted by atomic mass is 10.2. The Morgan fingerprint density at radius 3 is 2.50 bits per heavy atom. The van der Waals surface area contributed by atoms with E-state index in [4.69, 9.17) is 8.92 Å². The highest BCUT2D eigenvalue weighted by atomic mass is 32.2. The van der Waals surface area contributed by atoms with Crippen LogP contribution < -0.4 is 9.50 Å². The van der Waals surface area contributed by atoms with E-state index in [1.807, 2.05) is 0 Å². The molecule has 0 radical (unpaired) electrons. The molecule has 0 spiro atoms. The van der Waals surface area contributed by atoms with E-state index in [1.54, 1.807) is 13.0 Å². The molecular weight excluding hydrogens is 362 g/mol. The number of amides is 1. The van der Waals surface area contributed by atoms with E-state index in [-0.39, 0.29) is 22.8 Å². The monoisotopic (exact) mass is 379 g/mol. The van der Waals surface area contributed by atoms with E-state index in [0.717, 1.165) is 6.07 Å². The van der Waals surface area contributed by atoms with Crippen molar-refractivity contribution in [2.45, 2.75) is 11.8 Å². The van der Waals surface area contributed by atoms with Gasteiger partial charge in [0.25, 0.3) is 0 Å². The van der Waals surface area contributed by atoms with E-state index in [0.29, 0.717) is 5.69 Å². The number of hydrogen-bond donors (Lipinski definition) is 1. The first-order valence-electron chi connectivity index (χ1n) is 7.52. The number of nitrogens with one attached hydrogen (secondary N) is 1. The molecule has 0 saturated heterocycles. The van der Waals surface area contributed by atoms with Gasteiger partial charge in [-0.1, -0.05) is 12.1 Å². The Balaban J connectivity index is 2.22. The minimum Gasteiger partial charge on any atom is -0.465 e. The van der Waals surface area contributed by atoms with Crippen LogP contribution in [0, 0.1) is 0 Å². The average molecular weight is 379 g/mol. The molecule has 138 valence electrons. The van der Waals surface area contributed by atoms with Crippen molar-refractivity contribution in [2.24, 2.45) is 0 Å². The minimum absolute atomic E-state index is 0.0113. The van der Waals surface area contributed by atoms with Gasteiger partial charge in [0.2, 0.25) is 0 Å². The zero-order chi connectivity index (χ0) is 19.2. The van der Waals surface area contributed by atoms with Crippen LogP contribution in [0.5, 0.6) is 5.75 Å². The molecule has 1 amide bonds. The molecule has 2 aromatic rings. The number of carbonyl (C=O) groups excluding carboxylic acids is 2. The molecule has 2 aromatic carbocycles. The van der Waals surface area contributed by atoms with Crippen molar-refractivity contribution in [3.05, 3.63) is 54.1 Å². The largest absolute Gasteiger partial charge is 0.465 e. The molecule has 0 aliphatic carbocycles. The first-order valence-corrected chi connectivity index (χ1v) is 8.93. The zero-order valence-corrected chi connectivity index (χ0v) is 14.9. The standard InChI is InChI=1S/C17H17NO7S/c1-3-24-17(20)18-13-7-5-8-14(11-13)25-26(21,22)15-9-4-6-12(10-15)16(19)23-2/h4-11H,3H2,1-2H3,(H,18,20). The van der Waals surface area contributed by atoms with Crippen LogP contribution in [0.1, 0.15) is 17.3 Å². The number of anilines is 1. The Morgan fingerprint density at radius 2 is 1.81 bits per heavy atom. The maximum absolute atomic E-state index is 12.4. The van der Waals surface area contributed by atoms with Gasteiger partial charge in [0.05, 0.1) is 19.3 Å². The van der Waals surface area contributed by atoms with Crippen LogP contribution in [0.2, 0.25) is 0 Å². The number of methoxy groups -OCH3 is 1. The van der Waals surface area contributed by atoms with E-state index < -0.39 is 22.2 Å². The summed E-state index contributed by atoms with van der Waals surface area (Å²) in [6, 6.07) is 11.1. The van der Waals surface area contributed by atoms with Gasteiger partial charge < -0.3 is 13.7 Å². The van der Waals surface area contributed by atoms with E-state index in [9.17, 15) is 18.0 Å². The second-order valence-electron chi connectivity index (χ2n) is 4.93. The number of esters is 1. The quantitative estimate of drug-likeness (QED) is 0.607. The number of rotatable bonds is 6. The topological polar surface area (TPSA) is 108 Å². The fraction of sp³-hybridized carbons (Fsp3) is 0.176. The van der Waals surface area contributed by atoms with Crippen LogP contribution in [0.15, 0.2) is 53.4 Å². The smallest absolute Gasteiger partial charge is 0.411 e. The second-order valence-corrected chi connectivity index (χ2v) is 6.48. The molecule has 0 saturated carbocycles. The lowest BCUT2D eigenvalue weighted by molar-refractivity contribution is 0.0600. The van der Waals surface area contributed by atoms with Crippen LogP contribution in [0.3, 0.4) is 0 Å². The highest BCUT2D eigenvalue weighted by Crippen LogP contribution is 2.23. The zero-order valence-electron chi connectivity index (χ0n) is 14.1. The fourth-order valence-corrected chi connectivity index (χ4v) is 2.95. The number of benzene rings is 2. The summed E-state index contributed by atoms with van der Waals surface area (Å²) in [7, 11) is -2.99. The Labute approximate surface area is 150 Å². The third-order valence-electron chi connectivity index (χ3n) is 3.11. The molecule has 26 heavy (non-hydrogen) atoms. The summed E-state index contributed by atoms with van der Waals surface area (Å²) in [5.41, 5.74) is 0.384. The third-order valence-corrected chi connectivity index (χ3v) is 4.35. The summed E-state index contributed by atoms with van der Waals surface area (Å²) in [6.45, 7) is 1.86. The van der Waals surface area contributed by atoms with Crippen molar-refractivity contribution < 1.29 is 31.7 Å². The Kier molecular flexibility index (Phi) is 6.18. The van der Waals surface area contributed by atoms with Crippen molar-refractivity contribution >= 4 is 27.9 Å². The average Bonchev–Trinajstić information content (AvgIpc) is 2.61. The van der Waals surface area contributed by atoms with Gasteiger partial charge in [-0.25, -0.2) is 9.59 Å². The van der Waals surface area contributed by atoms with Gasteiger partial charge in [-0.15, -0.1) is 0 Å². The van der Waals surface area contributed by atoms with Gasteiger partial charge in [-0.05, 0) is 37.3 Å². The molecule has 0 aliphatic heterocycles. The first-order chi connectivity index (χ1) is 12.4. The van der Waals surface area contributed by atoms with Crippen LogP contribution >= 0.6 is 0 Å². The molecular formula is C17H17NO7S. The van der Waals surface area contributed by atoms with Gasteiger partial charge in [0.15, 0.2) is 0 Å². The molecule has 0 atom stereocenters. The van der Waals surface area contributed by atoms with Crippen LogP contribution in [-0.4, -0.2) is 34.2 Å². The Hall–Kier alpha value is -3.07. The first kappa shape index (κ1) is 19.3. The van der Waals surface area contributed by atoms with Crippen LogP contribution in [-0.2, 0) is 19.6 Å². The molecule has 0 bridgehead atoms. The summed E-state index contributed by atoms with van der Waals surface area (Å²) in [4.78, 5) is 22.8. The number of hydrogen-bond acceptors (Lipinski definition) is 7. The SMILES string of the molecule is CCOC(=O)Nc1cccc(OS(=O)(=O)c2cccc(C(=O)OC)c2)c1. The summed E-state index contributed by atoms with van der Waals surface area (Å²) in [5, 5.41) is 2.44. The number of ether oxygens (including phenoxy) is 2. The van der Waals surface area contributed by atoms with Crippen molar-refractivity contribution in [3.8, 4) is 5.75 Å². The van der Waals surface area contributed by atoms with Gasteiger partial charge in [-0.3, -0.25) is 5.32 Å². The van der Waals surface area contributed by atoms with Crippen molar-refractivity contribution in [2.75, 3.05) is 19.0 Å². The van der Waals surface area contributed by atoms with Crippen LogP contribution in [0.25, 0.3) is 0 Å². The summed E-state index contributed by atoms with van der Waals surface area (Å²) < 4.78 is 39.2. The predicted octanol–water partition coefficient (Wildman–Crippen LogP) is 2.81. The summed E-state index contributed by atoms with van der Waals surface area (Å²) in [5.74, 6) is -0.676. The van der Waals surface area contributed by atoms with Crippen molar-refractivity contribution in [1.82, 2.24) is 0 Å². The lowest BCUT2D eigenvalue weighted by Crippen LogP contribution is -2.14. The molecule has 0 fully saturated rings. The molecule has 8 nitrogen and oxygen atoms in total. The molecule has 0 heterocycles. The molecule has 0 aromatic heterocycles. The van der Waals surface area contributed by atoms with E-state index >= 15 is 0 Å². The van der Waals surface area contributed by atoms with E-state index in [2.05, 4.69) is 10.1 Å².